The van der Waals surface area contributed by atoms with Crippen molar-refractivity contribution in [2.75, 3.05) is 7.11 Å². The van der Waals surface area contributed by atoms with Gasteiger partial charge < -0.3 is 4.74 Å². The molecule has 1 heterocycles. The lowest BCUT2D eigenvalue weighted by atomic mass is 10.2. The highest BCUT2D eigenvalue weighted by Crippen LogP contribution is 2.32. The van der Waals surface area contributed by atoms with Crippen LogP contribution in [0.25, 0.3) is 0 Å². The van der Waals surface area contributed by atoms with Gasteiger partial charge in [-0.2, -0.15) is 0 Å². The van der Waals surface area contributed by atoms with Crippen molar-refractivity contribution in [1.82, 2.24) is 4.98 Å². The van der Waals surface area contributed by atoms with Crippen LogP contribution in [0.1, 0.15) is 22.5 Å². The summed E-state index contributed by atoms with van der Waals surface area (Å²) in [5.74, 6) is -0.273. The molecule has 82 valence electrons. The molecule has 1 aromatic heterocycles. The lowest BCUT2D eigenvalue weighted by molar-refractivity contribution is 0.107. The quantitative estimate of drug-likeness (QED) is 0.479. The second-order valence-corrected chi connectivity index (χ2v) is 3.94. The van der Waals surface area contributed by atoms with Gasteiger partial charge in [0, 0.05) is 0 Å². The van der Waals surface area contributed by atoms with Gasteiger partial charge in [-0.3, -0.25) is 4.79 Å². The molecule has 15 heavy (non-hydrogen) atoms. The summed E-state index contributed by atoms with van der Waals surface area (Å²) in [6.07, 6.45) is -2.74. The van der Waals surface area contributed by atoms with E-state index in [2.05, 4.69) is 4.98 Å². The number of ether oxygens (including phenoxy) is 1. The van der Waals surface area contributed by atoms with Crippen molar-refractivity contribution in [3.05, 3.63) is 21.0 Å². The van der Waals surface area contributed by atoms with Gasteiger partial charge >= 0.3 is 0 Å². The zero-order valence-electron chi connectivity index (χ0n) is 7.43. The smallest absolute Gasteiger partial charge is 0.274 e. The minimum absolute atomic E-state index is 0.257. The summed E-state index contributed by atoms with van der Waals surface area (Å²) >= 11 is 6.93. The molecule has 0 spiro atoms. The van der Waals surface area contributed by atoms with Gasteiger partial charge in [-0.15, -0.1) is 0 Å². The first-order valence-corrected chi connectivity index (χ1v) is 5.15. The Balaban J connectivity index is 3.45. The first kappa shape index (κ1) is 12.6. The van der Waals surface area contributed by atoms with Crippen molar-refractivity contribution in [2.45, 2.75) is 6.43 Å². The molecule has 3 nitrogen and oxygen atoms in total. The van der Waals surface area contributed by atoms with E-state index in [-0.39, 0.29) is 20.7 Å². The van der Waals surface area contributed by atoms with Crippen LogP contribution in [-0.2, 0) is 0 Å². The molecular formula is C8H5ClF2INO2. The van der Waals surface area contributed by atoms with Gasteiger partial charge in [0.25, 0.3) is 11.7 Å². The summed E-state index contributed by atoms with van der Waals surface area (Å²) in [5, 5.41) is -0.924. The molecule has 0 bridgehead atoms. The van der Waals surface area contributed by atoms with E-state index in [1.807, 2.05) is 0 Å². The molecule has 0 unspecified atom stereocenters. The molecule has 0 aliphatic carbocycles. The number of hydrogen-bond donors (Lipinski definition) is 0. The van der Waals surface area contributed by atoms with E-state index in [9.17, 15) is 13.6 Å². The second kappa shape index (κ2) is 5.02. The van der Waals surface area contributed by atoms with Crippen molar-refractivity contribution in [3.8, 4) is 5.75 Å². The number of hydrogen-bond acceptors (Lipinski definition) is 3. The maximum atomic E-state index is 12.6. The molecule has 0 fully saturated rings. The normalized spacial score (nSPS) is 10.5. The van der Waals surface area contributed by atoms with Gasteiger partial charge in [-0.1, -0.05) is 0 Å². The highest BCUT2D eigenvalue weighted by molar-refractivity contribution is 14.1. The van der Waals surface area contributed by atoms with Crippen molar-refractivity contribution in [3.63, 3.8) is 0 Å². The summed E-state index contributed by atoms with van der Waals surface area (Å²) in [6, 6.07) is 1.15. The van der Waals surface area contributed by atoms with Crippen LogP contribution in [-0.4, -0.2) is 17.3 Å². The summed E-state index contributed by atoms with van der Waals surface area (Å²) in [5.41, 5.74) is -0.678. The topological polar surface area (TPSA) is 39.2 Å². The van der Waals surface area contributed by atoms with Gasteiger partial charge in [0.05, 0.1) is 12.7 Å². The number of nitrogens with zero attached hydrogens (tertiary/aromatic N) is 1. The maximum Gasteiger partial charge on any atom is 0.274 e. The minimum Gasteiger partial charge on any atom is -0.494 e. The summed E-state index contributed by atoms with van der Waals surface area (Å²) in [6.45, 7) is 0. The molecule has 0 saturated heterocycles. The van der Waals surface area contributed by atoms with Crippen LogP contribution in [0.4, 0.5) is 8.78 Å². The molecule has 0 amide bonds. The van der Waals surface area contributed by atoms with Crippen molar-refractivity contribution < 1.29 is 18.3 Å². The SMILES string of the molecule is COc1c(C(F)F)cc(I)nc1C(=O)Cl. The van der Waals surface area contributed by atoms with Crippen LogP contribution in [0.5, 0.6) is 5.75 Å². The Morgan fingerprint density at radius 1 is 1.67 bits per heavy atom. The Labute approximate surface area is 103 Å². The lowest BCUT2D eigenvalue weighted by Crippen LogP contribution is -2.05. The Bertz CT molecular complexity index is 400. The molecule has 0 radical (unpaired) electrons. The molecule has 1 rings (SSSR count). The molecule has 0 aromatic carbocycles. The predicted octanol–water partition coefficient (Wildman–Crippen LogP) is 3.01. The maximum absolute atomic E-state index is 12.6. The highest BCUT2D eigenvalue weighted by atomic mass is 127. The molecule has 7 heteroatoms. The number of alkyl halides is 2. The average molecular weight is 347 g/mol. The third-order valence-electron chi connectivity index (χ3n) is 1.60. The summed E-state index contributed by atoms with van der Waals surface area (Å²) in [4.78, 5) is 14.7. The predicted molar refractivity (Wildman–Crippen MR) is 58.6 cm³/mol. The van der Waals surface area contributed by atoms with E-state index in [4.69, 9.17) is 16.3 Å². The van der Waals surface area contributed by atoms with Gasteiger partial charge in [-0.05, 0) is 40.3 Å². The Morgan fingerprint density at radius 3 is 2.67 bits per heavy atom. The van der Waals surface area contributed by atoms with Crippen molar-refractivity contribution in [2.24, 2.45) is 0 Å². The number of pyridine rings is 1. The number of carbonyl (C=O) groups is 1. The van der Waals surface area contributed by atoms with E-state index < -0.39 is 11.7 Å². The number of methoxy groups -OCH3 is 1. The van der Waals surface area contributed by atoms with Gasteiger partial charge in [-0.25, -0.2) is 13.8 Å². The highest BCUT2D eigenvalue weighted by Gasteiger charge is 2.22. The fourth-order valence-electron chi connectivity index (χ4n) is 1.03. The Kier molecular flexibility index (Phi) is 4.21. The van der Waals surface area contributed by atoms with Crippen LogP contribution in [0, 0.1) is 3.70 Å². The van der Waals surface area contributed by atoms with Crippen LogP contribution in [0.3, 0.4) is 0 Å². The van der Waals surface area contributed by atoms with Crippen LogP contribution in [0.2, 0.25) is 0 Å². The first-order chi connectivity index (χ1) is 6.97. The van der Waals surface area contributed by atoms with E-state index in [0.29, 0.717) is 0 Å². The standard InChI is InChI=1S/C8H5ClF2INO2/c1-15-6-3(8(10)11)2-4(12)13-5(6)7(9)14/h2,8H,1H3. The van der Waals surface area contributed by atoms with Crippen LogP contribution >= 0.6 is 34.2 Å². The van der Waals surface area contributed by atoms with Gasteiger partial charge in [0.2, 0.25) is 0 Å². The van der Waals surface area contributed by atoms with Crippen LogP contribution < -0.4 is 4.74 Å². The monoisotopic (exact) mass is 347 g/mol. The van der Waals surface area contributed by atoms with E-state index in [1.165, 1.54) is 7.11 Å². The van der Waals surface area contributed by atoms with Gasteiger partial charge in [0.1, 0.15) is 3.70 Å². The third-order valence-corrected chi connectivity index (χ3v) is 2.33. The molecule has 1 aromatic rings. The third kappa shape index (κ3) is 2.75. The van der Waals surface area contributed by atoms with Crippen molar-refractivity contribution >= 4 is 39.4 Å². The van der Waals surface area contributed by atoms with Crippen LogP contribution in [0.15, 0.2) is 6.07 Å². The first-order valence-electron chi connectivity index (χ1n) is 3.69. The van der Waals surface area contributed by atoms with E-state index in [0.717, 1.165) is 6.07 Å². The number of carbonyl (C=O) groups excluding carboxylic acids is 1. The molecule has 0 aliphatic heterocycles. The fourth-order valence-corrected chi connectivity index (χ4v) is 1.74. The fraction of sp³-hybridized carbons (Fsp3) is 0.250. The number of rotatable bonds is 3. The average Bonchev–Trinajstić information content (AvgIpc) is 2.16. The molecular weight excluding hydrogens is 342 g/mol. The van der Waals surface area contributed by atoms with E-state index in [1.54, 1.807) is 22.6 Å². The van der Waals surface area contributed by atoms with Crippen molar-refractivity contribution in [1.29, 1.82) is 0 Å². The van der Waals surface area contributed by atoms with E-state index >= 15 is 0 Å². The minimum atomic E-state index is -2.74. The summed E-state index contributed by atoms with van der Waals surface area (Å²) < 4.78 is 30.1. The lowest BCUT2D eigenvalue weighted by Gasteiger charge is -2.10. The molecule has 0 saturated carbocycles. The Hall–Kier alpha value is -0.500. The number of halogens is 4. The Morgan fingerprint density at radius 2 is 2.27 bits per heavy atom. The molecule has 0 N–H and O–H groups in total. The molecule has 0 aliphatic rings. The zero-order valence-corrected chi connectivity index (χ0v) is 10.3. The number of aromatic nitrogens is 1. The zero-order chi connectivity index (χ0) is 11.6. The summed E-state index contributed by atoms with van der Waals surface area (Å²) in [7, 11) is 1.18. The molecule has 0 atom stereocenters. The largest absolute Gasteiger partial charge is 0.494 e. The van der Waals surface area contributed by atoms with Gasteiger partial charge in [0.15, 0.2) is 11.4 Å². The second-order valence-electron chi connectivity index (χ2n) is 2.49.